The van der Waals surface area contributed by atoms with Crippen LogP contribution in [0.1, 0.15) is 37.4 Å². The van der Waals surface area contributed by atoms with E-state index in [4.69, 9.17) is 9.47 Å². The molecule has 3 heteroatoms. The van der Waals surface area contributed by atoms with Gasteiger partial charge in [0.1, 0.15) is 0 Å². The largest absolute Gasteiger partial charge is 0.454 e. The van der Waals surface area contributed by atoms with E-state index in [0.717, 1.165) is 11.5 Å². The fourth-order valence-electron chi connectivity index (χ4n) is 3.49. The van der Waals surface area contributed by atoms with Crippen LogP contribution < -0.4 is 9.47 Å². The lowest BCUT2D eigenvalue weighted by molar-refractivity contribution is 0.174. The van der Waals surface area contributed by atoms with Crippen molar-refractivity contribution >= 4 is 0 Å². The van der Waals surface area contributed by atoms with E-state index < -0.39 is 0 Å². The van der Waals surface area contributed by atoms with Crippen LogP contribution in [0.15, 0.2) is 30.3 Å². The first-order valence-corrected chi connectivity index (χ1v) is 7.41. The lowest BCUT2D eigenvalue weighted by Gasteiger charge is -2.19. The van der Waals surface area contributed by atoms with Crippen molar-refractivity contribution in [3.05, 3.63) is 36.0 Å². The monoisotopic (exact) mass is 269 g/mol. The summed E-state index contributed by atoms with van der Waals surface area (Å²) in [4.78, 5) is 0. The van der Waals surface area contributed by atoms with Crippen molar-refractivity contribution in [2.75, 3.05) is 6.79 Å². The zero-order valence-corrected chi connectivity index (χ0v) is 11.8. The number of nitrogens with zero attached hydrogens (tertiary/aromatic N) is 1. The summed E-state index contributed by atoms with van der Waals surface area (Å²) in [7, 11) is 0. The second-order valence-corrected chi connectivity index (χ2v) is 5.74. The number of hydrogen-bond acceptors (Lipinski definition) is 2. The molecular weight excluding hydrogens is 250 g/mol. The van der Waals surface area contributed by atoms with Gasteiger partial charge in [-0.2, -0.15) is 0 Å². The number of rotatable bonds is 2. The minimum atomic E-state index is 0.335. The van der Waals surface area contributed by atoms with Crippen LogP contribution in [-0.4, -0.2) is 11.4 Å². The summed E-state index contributed by atoms with van der Waals surface area (Å²) >= 11 is 0. The predicted octanol–water partition coefficient (Wildman–Crippen LogP) is 4.31. The Balaban J connectivity index is 1.78. The Labute approximate surface area is 119 Å². The molecule has 1 aliphatic carbocycles. The molecular formula is C17H19NO2. The summed E-state index contributed by atoms with van der Waals surface area (Å²) in [5.41, 5.74) is 3.87. The second-order valence-electron chi connectivity index (χ2n) is 5.74. The molecule has 2 heterocycles. The van der Waals surface area contributed by atoms with E-state index >= 15 is 0 Å². The van der Waals surface area contributed by atoms with Crippen molar-refractivity contribution in [2.45, 2.75) is 38.6 Å². The van der Waals surface area contributed by atoms with Crippen molar-refractivity contribution in [3.8, 4) is 22.8 Å². The van der Waals surface area contributed by atoms with Crippen molar-refractivity contribution in [3.63, 3.8) is 0 Å². The number of aryl methyl sites for hydroxylation is 1. The van der Waals surface area contributed by atoms with E-state index in [1.807, 2.05) is 6.07 Å². The minimum absolute atomic E-state index is 0.335. The zero-order valence-electron chi connectivity index (χ0n) is 11.8. The Hall–Kier alpha value is -1.90. The lowest BCUT2D eigenvalue weighted by Crippen LogP contribution is -2.07. The normalized spacial score (nSPS) is 17.9. The van der Waals surface area contributed by atoms with E-state index in [0.29, 0.717) is 12.8 Å². The Morgan fingerprint density at radius 1 is 1.00 bits per heavy atom. The predicted molar refractivity (Wildman–Crippen MR) is 78.2 cm³/mol. The van der Waals surface area contributed by atoms with E-state index in [9.17, 15) is 0 Å². The average Bonchev–Trinajstić information content (AvgIpc) is 3.17. The third-order valence-corrected chi connectivity index (χ3v) is 4.48. The summed E-state index contributed by atoms with van der Waals surface area (Å²) in [6.45, 7) is 2.54. The van der Waals surface area contributed by atoms with Crippen LogP contribution in [0.3, 0.4) is 0 Å². The molecule has 0 radical (unpaired) electrons. The maximum Gasteiger partial charge on any atom is 0.231 e. The van der Waals surface area contributed by atoms with Gasteiger partial charge in [-0.1, -0.05) is 12.8 Å². The smallest absolute Gasteiger partial charge is 0.231 e. The highest BCUT2D eigenvalue weighted by molar-refractivity contribution is 5.66. The molecule has 0 spiro atoms. The van der Waals surface area contributed by atoms with Gasteiger partial charge in [-0.3, -0.25) is 0 Å². The van der Waals surface area contributed by atoms with Crippen LogP contribution in [0.2, 0.25) is 0 Å². The first-order valence-electron chi connectivity index (χ1n) is 7.41. The molecule has 2 aromatic rings. The highest BCUT2D eigenvalue weighted by atomic mass is 16.7. The first-order chi connectivity index (χ1) is 9.83. The number of fused-ring (bicyclic) bond motifs is 1. The highest BCUT2D eigenvalue weighted by Crippen LogP contribution is 2.39. The van der Waals surface area contributed by atoms with Gasteiger partial charge < -0.3 is 14.0 Å². The topological polar surface area (TPSA) is 23.4 Å². The molecule has 1 aromatic carbocycles. The first kappa shape index (κ1) is 11.9. The van der Waals surface area contributed by atoms with E-state index in [-0.39, 0.29) is 0 Å². The van der Waals surface area contributed by atoms with Gasteiger partial charge in [0.15, 0.2) is 11.5 Å². The highest BCUT2D eigenvalue weighted by Gasteiger charge is 2.22. The molecule has 0 amide bonds. The van der Waals surface area contributed by atoms with Crippen LogP contribution in [-0.2, 0) is 0 Å². The van der Waals surface area contributed by atoms with Gasteiger partial charge >= 0.3 is 0 Å². The number of ether oxygens (including phenoxy) is 2. The SMILES string of the molecule is Cc1ccc(-c2ccc3c(c2)OCO3)n1C1CCCC1. The van der Waals surface area contributed by atoms with Gasteiger partial charge in [0.2, 0.25) is 6.79 Å². The molecule has 2 aliphatic rings. The Bertz CT molecular complexity index is 638. The fourth-order valence-corrected chi connectivity index (χ4v) is 3.49. The van der Waals surface area contributed by atoms with Crippen molar-refractivity contribution < 1.29 is 9.47 Å². The Morgan fingerprint density at radius 3 is 2.65 bits per heavy atom. The number of hydrogen-bond donors (Lipinski definition) is 0. The average molecular weight is 269 g/mol. The zero-order chi connectivity index (χ0) is 13.5. The molecule has 0 atom stereocenters. The van der Waals surface area contributed by atoms with Crippen LogP contribution in [0.4, 0.5) is 0 Å². The molecule has 1 aromatic heterocycles. The minimum Gasteiger partial charge on any atom is -0.454 e. The van der Waals surface area contributed by atoms with Crippen LogP contribution in [0.25, 0.3) is 11.3 Å². The molecule has 0 unspecified atom stereocenters. The van der Waals surface area contributed by atoms with Crippen LogP contribution >= 0.6 is 0 Å². The maximum absolute atomic E-state index is 5.50. The quantitative estimate of drug-likeness (QED) is 0.811. The van der Waals surface area contributed by atoms with E-state index in [2.05, 4.69) is 35.8 Å². The van der Waals surface area contributed by atoms with Gasteiger partial charge in [-0.05, 0) is 50.1 Å². The second kappa shape index (κ2) is 4.58. The van der Waals surface area contributed by atoms with Crippen LogP contribution in [0, 0.1) is 6.92 Å². The standard InChI is InChI=1S/C17H19NO2/c1-12-6-8-15(18(12)14-4-2-3-5-14)13-7-9-16-17(10-13)20-11-19-16/h6-10,14H,2-5,11H2,1H3. The van der Waals surface area contributed by atoms with Gasteiger partial charge in [-0.25, -0.2) is 0 Å². The summed E-state index contributed by atoms with van der Waals surface area (Å²) < 4.78 is 13.4. The Kier molecular flexibility index (Phi) is 2.72. The molecule has 0 bridgehead atoms. The molecule has 0 saturated heterocycles. The van der Waals surface area contributed by atoms with E-state index in [1.165, 1.54) is 42.6 Å². The summed E-state index contributed by atoms with van der Waals surface area (Å²) in [6.07, 6.45) is 5.30. The molecule has 1 saturated carbocycles. The van der Waals surface area contributed by atoms with Crippen molar-refractivity contribution in [2.24, 2.45) is 0 Å². The summed E-state index contributed by atoms with van der Waals surface area (Å²) in [5.74, 6) is 1.71. The number of benzene rings is 1. The van der Waals surface area contributed by atoms with E-state index in [1.54, 1.807) is 0 Å². The molecule has 0 N–H and O–H groups in total. The van der Waals surface area contributed by atoms with Crippen LogP contribution in [0.5, 0.6) is 11.5 Å². The van der Waals surface area contributed by atoms with Gasteiger partial charge in [0.05, 0.1) is 0 Å². The molecule has 1 aliphatic heterocycles. The lowest BCUT2D eigenvalue weighted by atomic mass is 10.1. The third kappa shape index (κ3) is 1.80. The molecule has 104 valence electrons. The molecule has 3 nitrogen and oxygen atoms in total. The molecule has 4 rings (SSSR count). The fraction of sp³-hybridized carbons (Fsp3) is 0.412. The van der Waals surface area contributed by atoms with Crippen molar-refractivity contribution in [1.82, 2.24) is 4.57 Å². The molecule has 1 fully saturated rings. The molecule has 20 heavy (non-hydrogen) atoms. The van der Waals surface area contributed by atoms with Gasteiger partial charge in [-0.15, -0.1) is 0 Å². The summed E-state index contributed by atoms with van der Waals surface area (Å²) in [6, 6.07) is 11.4. The third-order valence-electron chi connectivity index (χ3n) is 4.48. The van der Waals surface area contributed by atoms with Gasteiger partial charge in [0, 0.05) is 23.0 Å². The Morgan fingerprint density at radius 2 is 1.80 bits per heavy atom. The van der Waals surface area contributed by atoms with Crippen molar-refractivity contribution in [1.29, 1.82) is 0 Å². The van der Waals surface area contributed by atoms with Gasteiger partial charge in [0.25, 0.3) is 0 Å². The number of aromatic nitrogens is 1. The maximum atomic E-state index is 5.50. The summed E-state index contributed by atoms with van der Waals surface area (Å²) in [5, 5.41) is 0.